The van der Waals surface area contributed by atoms with Gasteiger partial charge in [-0.1, -0.05) is 85.1 Å². The van der Waals surface area contributed by atoms with Gasteiger partial charge >= 0.3 is 0 Å². The first kappa shape index (κ1) is 30.6. The summed E-state index contributed by atoms with van der Waals surface area (Å²) in [4.78, 5) is 28.8. The van der Waals surface area contributed by atoms with Crippen molar-refractivity contribution in [2.45, 2.75) is 43.7 Å². The minimum absolute atomic E-state index is 0.0120. The number of carbonyl (C=O) groups is 2. The molecule has 2 amide bonds. The van der Waals surface area contributed by atoms with Gasteiger partial charge in [0, 0.05) is 36.6 Å². The fraction of sp³-hybridized carbons (Fsp3) is 0.310. The summed E-state index contributed by atoms with van der Waals surface area (Å²) < 4.78 is 27.4. The number of carbonyl (C=O) groups excluding carboxylic acids is 2. The lowest BCUT2D eigenvalue weighted by Crippen LogP contribution is -2.53. The molecule has 39 heavy (non-hydrogen) atoms. The van der Waals surface area contributed by atoms with E-state index in [-0.39, 0.29) is 23.8 Å². The van der Waals surface area contributed by atoms with E-state index >= 15 is 0 Å². The molecule has 0 saturated heterocycles. The third-order valence-corrected chi connectivity index (χ3v) is 8.72. The Hall–Kier alpha value is -2.91. The van der Waals surface area contributed by atoms with Crippen LogP contribution in [0, 0.1) is 0 Å². The van der Waals surface area contributed by atoms with Crippen LogP contribution < -0.4 is 5.32 Å². The molecule has 0 unspecified atom stereocenters. The highest BCUT2D eigenvalue weighted by Gasteiger charge is 2.33. The van der Waals surface area contributed by atoms with Crippen LogP contribution in [0.4, 0.5) is 0 Å². The van der Waals surface area contributed by atoms with Gasteiger partial charge in [-0.15, -0.1) is 0 Å². The molecule has 3 aromatic rings. The fourth-order valence-electron chi connectivity index (χ4n) is 4.02. The van der Waals surface area contributed by atoms with Crippen LogP contribution >= 0.6 is 23.2 Å². The van der Waals surface area contributed by atoms with Crippen molar-refractivity contribution >= 4 is 45.0 Å². The standard InChI is InChI=1S/C29H33Cl2N3O4S/c1-3-4-18-32-29(36)27(19-22-10-6-5-7-11-22)34(20-23-12-8-9-13-26(23)31)28(35)21-33(2)39(37,38)25-16-14-24(30)15-17-25/h5-17,27H,3-4,18-21H2,1-2H3,(H,32,36)/t27-/m1/s1. The van der Waals surface area contributed by atoms with Crippen molar-refractivity contribution in [3.63, 3.8) is 0 Å². The van der Waals surface area contributed by atoms with Crippen LogP contribution in [0.2, 0.25) is 10.0 Å². The Morgan fingerprint density at radius 1 is 0.923 bits per heavy atom. The normalized spacial score (nSPS) is 12.2. The van der Waals surface area contributed by atoms with Crippen molar-refractivity contribution in [2.75, 3.05) is 20.1 Å². The summed E-state index contributed by atoms with van der Waals surface area (Å²) in [7, 11) is -2.65. The van der Waals surface area contributed by atoms with E-state index in [4.69, 9.17) is 23.2 Å². The second-order valence-electron chi connectivity index (χ2n) is 9.18. The first-order valence-corrected chi connectivity index (χ1v) is 14.9. The molecule has 0 radical (unpaired) electrons. The molecule has 0 heterocycles. The molecule has 1 atom stereocenters. The molecule has 3 aromatic carbocycles. The summed E-state index contributed by atoms with van der Waals surface area (Å²) in [6, 6.07) is 21.3. The van der Waals surface area contributed by atoms with Gasteiger partial charge in [0.05, 0.1) is 11.4 Å². The van der Waals surface area contributed by atoms with Gasteiger partial charge in [0.1, 0.15) is 6.04 Å². The predicted octanol–water partition coefficient (Wildman–Crippen LogP) is 5.17. The third-order valence-electron chi connectivity index (χ3n) is 6.28. The van der Waals surface area contributed by atoms with E-state index in [0.29, 0.717) is 22.2 Å². The quantitative estimate of drug-likeness (QED) is 0.279. The van der Waals surface area contributed by atoms with Crippen LogP contribution in [-0.2, 0) is 32.6 Å². The maximum absolute atomic E-state index is 13.8. The Kier molecular flexibility index (Phi) is 11.4. The summed E-state index contributed by atoms with van der Waals surface area (Å²) >= 11 is 12.4. The Bertz CT molecular complexity index is 1350. The highest BCUT2D eigenvalue weighted by Crippen LogP contribution is 2.22. The molecule has 7 nitrogen and oxygen atoms in total. The zero-order valence-corrected chi connectivity index (χ0v) is 24.3. The first-order chi connectivity index (χ1) is 18.6. The molecule has 208 valence electrons. The minimum atomic E-state index is -3.99. The van der Waals surface area contributed by atoms with Crippen LogP contribution in [0.1, 0.15) is 30.9 Å². The SMILES string of the molecule is CCCCNC(=O)[C@@H](Cc1ccccc1)N(Cc1ccccc1Cl)C(=O)CN(C)S(=O)(=O)c1ccc(Cl)cc1. The molecule has 0 saturated carbocycles. The molecule has 1 N–H and O–H groups in total. The number of benzene rings is 3. The maximum Gasteiger partial charge on any atom is 0.243 e. The van der Waals surface area contributed by atoms with Crippen molar-refractivity contribution in [1.82, 2.24) is 14.5 Å². The number of hydrogen-bond donors (Lipinski definition) is 1. The number of halogens is 2. The minimum Gasteiger partial charge on any atom is -0.354 e. The Morgan fingerprint density at radius 3 is 2.21 bits per heavy atom. The van der Waals surface area contributed by atoms with Crippen molar-refractivity contribution in [2.24, 2.45) is 0 Å². The molecule has 10 heteroatoms. The number of hydrogen-bond acceptors (Lipinski definition) is 4. The highest BCUT2D eigenvalue weighted by molar-refractivity contribution is 7.89. The maximum atomic E-state index is 13.8. The number of unbranched alkanes of at least 4 members (excludes halogenated alkanes) is 1. The average Bonchev–Trinajstić information content (AvgIpc) is 2.92. The second kappa shape index (κ2) is 14.5. The summed E-state index contributed by atoms with van der Waals surface area (Å²) in [6.07, 6.45) is 1.95. The average molecular weight is 591 g/mol. The van der Waals surface area contributed by atoms with E-state index < -0.39 is 28.5 Å². The number of amides is 2. The van der Waals surface area contributed by atoms with E-state index in [1.807, 2.05) is 37.3 Å². The molecule has 0 bridgehead atoms. The van der Waals surface area contributed by atoms with Crippen molar-refractivity contribution in [1.29, 1.82) is 0 Å². The summed E-state index contributed by atoms with van der Waals surface area (Å²) in [5, 5.41) is 3.79. The first-order valence-electron chi connectivity index (χ1n) is 12.7. The van der Waals surface area contributed by atoms with Gasteiger partial charge in [0.25, 0.3) is 0 Å². The van der Waals surface area contributed by atoms with E-state index in [1.54, 1.807) is 24.3 Å². The molecular weight excluding hydrogens is 557 g/mol. The van der Waals surface area contributed by atoms with E-state index in [9.17, 15) is 18.0 Å². The van der Waals surface area contributed by atoms with Crippen molar-refractivity contribution < 1.29 is 18.0 Å². The van der Waals surface area contributed by atoms with Gasteiger partial charge in [-0.05, 0) is 47.9 Å². The number of nitrogens with zero attached hydrogens (tertiary/aromatic N) is 2. The van der Waals surface area contributed by atoms with Gasteiger partial charge in [-0.3, -0.25) is 9.59 Å². The van der Waals surface area contributed by atoms with E-state index in [1.165, 1.54) is 36.2 Å². The lowest BCUT2D eigenvalue weighted by atomic mass is 10.0. The fourth-order valence-corrected chi connectivity index (χ4v) is 5.46. The highest BCUT2D eigenvalue weighted by atomic mass is 35.5. The monoisotopic (exact) mass is 589 g/mol. The molecule has 0 spiro atoms. The van der Waals surface area contributed by atoms with Crippen molar-refractivity contribution in [3.8, 4) is 0 Å². The number of sulfonamides is 1. The Labute approximate surface area is 240 Å². The van der Waals surface area contributed by atoms with Gasteiger partial charge in [0.15, 0.2) is 0 Å². The van der Waals surface area contributed by atoms with Crippen LogP contribution in [0.5, 0.6) is 0 Å². The van der Waals surface area contributed by atoms with Crippen LogP contribution in [0.15, 0.2) is 83.8 Å². The lowest BCUT2D eigenvalue weighted by Gasteiger charge is -2.33. The number of likely N-dealkylation sites (N-methyl/N-ethyl adjacent to an activating group) is 1. The zero-order valence-electron chi connectivity index (χ0n) is 22.0. The van der Waals surface area contributed by atoms with E-state index in [0.717, 1.165) is 22.7 Å². The van der Waals surface area contributed by atoms with Crippen LogP contribution in [-0.4, -0.2) is 55.6 Å². The summed E-state index contributed by atoms with van der Waals surface area (Å²) in [5.74, 6) is -0.836. The van der Waals surface area contributed by atoms with Crippen LogP contribution in [0.3, 0.4) is 0 Å². The summed E-state index contributed by atoms with van der Waals surface area (Å²) in [6.45, 7) is 2.06. The van der Waals surface area contributed by atoms with Gasteiger partial charge in [-0.25, -0.2) is 8.42 Å². The molecular formula is C29H33Cl2N3O4S. The molecule has 3 rings (SSSR count). The number of rotatable bonds is 13. The molecule has 0 aromatic heterocycles. The summed E-state index contributed by atoms with van der Waals surface area (Å²) in [5.41, 5.74) is 1.52. The van der Waals surface area contributed by atoms with Gasteiger partial charge < -0.3 is 10.2 Å². The predicted molar refractivity (Wildman–Crippen MR) is 155 cm³/mol. The lowest BCUT2D eigenvalue weighted by molar-refractivity contribution is -0.141. The molecule has 0 fully saturated rings. The number of nitrogens with one attached hydrogen (secondary N) is 1. The smallest absolute Gasteiger partial charge is 0.243 e. The van der Waals surface area contributed by atoms with Crippen molar-refractivity contribution in [3.05, 3.63) is 100 Å². The van der Waals surface area contributed by atoms with E-state index in [2.05, 4.69) is 5.32 Å². The Balaban J connectivity index is 1.96. The van der Waals surface area contributed by atoms with Gasteiger partial charge in [0.2, 0.25) is 21.8 Å². The largest absolute Gasteiger partial charge is 0.354 e. The molecule has 0 aliphatic carbocycles. The van der Waals surface area contributed by atoms with Crippen LogP contribution in [0.25, 0.3) is 0 Å². The molecule has 0 aliphatic rings. The second-order valence-corrected chi connectivity index (χ2v) is 12.1. The molecule has 0 aliphatic heterocycles. The van der Waals surface area contributed by atoms with Gasteiger partial charge in [-0.2, -0.15) is 4.31 Å². The Morgan fingerprint density at radius 2 is 1.56 bits per heavy atom. The third kappa shape index (κ3) is 8.54. The topological polar surface area (TPSA) is 86.8 Å². The zero-order chi connectivity index (χ0) is 28.4.